The van der Waals surface area contributed by atoms with E-state index in [0.717, 1.165) is 11.4 Å². The van der Waals surface area contributed by atoms with Gasteiger partial charge in [0.1, 0.15) is 5.82 Å². The van der Waals surface area contributed by atoms with Crippen LogP contribution in [0.15, 0.2) is 30.3 Å². The number of carbonyl (C=O) groups excluding carboxylic acids is 1. The SMILES string of the molecule is C[C@@H]1CC[C@H](C)N1[C@H](C)C(=O)NCCc1nc(-c2ccccc2)n[nH]1. The molecule has 1 aliphatic heterocycles. The lowest BCUT2D eigenvalue weighted by Gasteiger charge is -2.31. The number of nitrogens with one attached hydrogen (secondary N) is 2. The molecule has 0 radical (unpaired) electrons. The molecule has 2 aromatic rings. The molecule has 3 rings (SSSR count). The summed E-state index contributed by atoms with van der Waals surface area (Å²) >= 11 is 0. The van der Waals surface area contributed by atoms with Crippen molar-refractivity contribution in [1.82, 2.24) is 25.4 Å². The highest BCUT2D eigenvalue weighted by Crippen LogP contribution is 2.25. The smallest absolute Gasteiger partial charge is 0.237 e. The first-order valence-corrected chi connectivity index (χ1v) is 9.08. The Morgan fingerprint density at radius 3 is 2.64 bits per heavy atom. The number of rotatable bonds is 6. The number of benzene rings is 1. The molecule has 0 bridgehead atoms. The van der Waals surface area contributed by atoms with Gasteiger partial charge in [-0.1, -0.05) is 30.3 Å². The van der Waals surface area contributed by atoms with E-state index >= 15 is 0 Å². The number of H-pyrrole nitrogens is 1. The summed E-state index contributed by atoms with van der Waals surface area (Å²) in [7, 11) is 0. The minimum atomic E-state index is -0.0953. The standard InChI is InChI=1S/C19H27N5O/c1-13-9-10-14(2)24(13)15(3)19(25)20-12-11-17-21-18(23-22-17)16-7-5-4-6-8-16/h4-8,13-15H,9-12H2,1-3H3,(H,20,25)(H,21,22,23)/t13-,14+,15-/m1/s1. The van der Waals surface area contributed by atoms with Crippen LogP contribution in [0.4, 0.5) is 0 Å². The van der Waals surface area contributed by atoms with Crippen molar-refractivity contribution in [3.8, 4) is 11.4 Å². The van der Waals surface area contributed by atoms with E-state index in [-0.39, 0.29) is 11.9 Å². The molecule has 1 fully saturated rings. The lowest BCUT2D eigenvalue weighted by Crippen LogP contribution is -2.49. The van der Waals surface area contributed by atoms with Gasteiger partial charge in [-0.25, -0.2) is 4.98 Å². The fraction of sp³-hybridized carbons (Fsp3) is 0.526. The van der Waals surface area contributed by atoms with Crippen LogP contribution in [0.2, 0.25) is 0 Å². The van der Waals surface area contributed by atoms with Crippen LogP contribution in [0.1, 0.15) is 39.4 Å². The Labute approximate surface area is 149 Å². The largest absolute Gasteiger partial charge is 0.354 e. The molecule has 2 heterocycles. The third kappa shape index (κ3) is 4.07. The molecule has 2 N–H and O–H groups in total. The van der Waals surface area contributed by atoms with Crippen LogP contribution in [-0.2, 0) is 11.2 Å². The first-order valence-electron chi connectivity index (χ1n) is 9.08. The maximum absolute atomic E-state index is 12.4. The molecule has 1 saturated heterocycles. The summed E-state index contributed by atoms with van der Waals surface area (Å²) < 4.78 is 0. The van der Waals surface area contributed by atoms with Gasteiger partial charge in [-0.3, -0.25) is 14.8 Å². The van der Waals surface area contributed by atoms with Gasteiger partial charge in [-0.2, -0.15) is 5.10 Å². The molecule has 6 heteroatoms. The van der Waals surface area contributed by atoms with E-state index in [9.17, 15) is 4.79 Å². The topological polar surface area (TPSA) is 73.9 Å². The molecular formula is C19H27N5O. The van der Waals surface area contributed by atoms with Crippen molar-refractivity contribution in [3.63, 3.8) is 0 Å². The number of nitrogens with zero attached hydrogens (tertiary/aromatic N) is 3. The minimum Gasteiger partial charge on any atom is -0.354 e. The Morgan fingerprint density at radius 1 is 1.28 bits per heavy atom. The summed E-state index contributed by atoms with van der Waals surface area (Å²) in [5.74, 6) is 1.56. The van der Waals surface area contributed by atoms with Gasteiger partial charge in [0.15, 0.2) is 5.82 Å². The zero-order chi connectivity index (χ0) is 17.8. The van der Waals surface area contributed by atoms with Crippen molar-refractivity contribution in [2.24, 2.45) is 0 Å². The fourth-order valence-electron chi connectivity index (χ4n) is 3.69. The van der Waals surface area contributed by atoms with E-state index in [4.69, 9.17) is 0 Å². The minimum absolute atomic E-state index is 0.0865. The van der Waals surface area contributed by atoms with Gasteiger partial charge < -0.3 is 5.32 Å². The molecule has 1 amide bonds. The zero-order valence-corrected chi connectivity index (χ0v) is 15.2. The number of likely N-dealkylation sites (tertiary alicyclic amines) is 1. The fourth-order valence-corrected chi connectivity index (χ4v) is 3.69. The molecule has 3 atom stereocenters. The highest BCUT2D eigenvalue weighted by molar-refractivity contribution is 5.81. The molecule has 1 aromatic carbocycles. The predicted molar refractivity (Wildman–Crippen MR) is 98.0 cm³/mol. The van der Waals surface area contributed by atoms with E-state index in [1.165, 1.54) is 12.8 Å². The average Bonchev–Trinajstić information content (AvgIpc) is 3.22. The van der Waals surface area contributed by atoms with Gasteiger partial charge in [-0.15, -0.1) is 0 Å². The highest BCUT2D eigenvalue weighted by atomic mass is 16.2. The second-order valence-corrected chi connectivity index (χ2v) is 6.91. The Bertz CT molecular complexity index is 689. The summed E-state index contributed by atoms with van der Waals surface area (Å²) in [6.07, 6.45) is 2.97. The predicted octanol–water partition coefficient (Wildman–Crippen LogP) is 2.39. The molecule has 1 aliphatic rings. The number of amides is 1. The highest BCUT2D eigenvalue weighted by Gasteiger charge is 2.34. The van der Waals surface area contributed by atoms with Gasteiger partial charge in [0.2, 0.25) is 5.91 Å². The third-order valence-corrected chi connectivity index (χ3v) is 5.07. The van der Waals surface area contributed by atoms with Gasteiger partial charge in [0, 0.05) is 30.6 Å². The molecule has 1 aromatic heterocycles. The summed E-state index contributed by atoms with van der Waals surface area (Å²) in [6.45, 7) is 6.96. The second kappa shape index (κ2) is 7.78. The molecule has 25 heavy (non-hydrogen) atoms. The lowest BCUT2D eigenvalue weighted by atomic mass is 10.2. The Morgan fingerprint density at radius 2 is 1.96 bits per heavy atom. The van der Waals surface area contributed by atoms with E-state index in [1.807, 2.05) is 37.3 Å². The van der Waals surface area contributed by atoms with Gasteiger partial charge in [0.25, 0.3) is 0 Å². The molecule has 134 valence electrons. The van der Waals surface area contributed by atoms with Crippen molar-refractivity contribution >= 4 is 5.91 Å². The quantitative estimate of drug-likeness (QED) is 0.846. The average molecular weight is 341 g/mol. The number of aromatic nitrogens is 3. The Kier molecular flexibility index (Phi) is 5.48. The molecule has 6 nitrogen and oxygen atoms in total. The van der Waals surface area contributed by atoms with Crippen LogP contribution in [0.25, 0.3) is 11.4 Å². The lowest BCUT2D eigenvalue weighted by molar-refractivity contribution is -0.126. The molecule has 0 spiro atoms. The second-order valence-electron chi connectivity index (χ2n) is 6.91. The normalized spacial score (nSPS) is 22.0. The molecular weight excluding hydrogens is 314 g/mol. The number of carbonyl (C=O) groups is 1. The van der Waals surface area contributed by atoms with Gasteiger partial charge in [-0.05, 0) is 33.6 Å². The maximum atomic E-state index is 12.4. The molecule has 0 unspecified atom stereocenters. The Hall–Kier alpha value is -2.21. The van der Waals surface area contributed by atoms with E-state index in [1.54, 1.807) is 0 Å². The van der Waals surface area contributed by atoms with E-state index in [0.29, 0.717) is 30.9 Å². The Balaban J connectivity index is 1.50. The van der Waals surface area contributed by atoms with Crippen molar-refractivity contribution < 1.29 is 4.79 Å². The van der Waals surface area contributed by atoms with Gasteiger partial charge in [0.05, 0.1) is 6.04 Å². The van der Waals surface area contributed by atoms with Crippen molar-refractivity contribution in [2.45, 2.75) is 58.2 Å². The van der Waals surface area contributed by atoms with Gasteiger partial charge >= 0.3 is 0 Å². The van der Waals surface area contributed by atoms with Crippen molar-refractivity contribution in [1.29, 1.82) is 0 Å². The number of hydrogen-bond donors (Lipinski definition) is 2. The zero-order valence-electron chi connectivity index (χ0n) is 15.2. The van der Waals surface area contributed by atoms with Crippen LogP contribution in [0.5, 0.6) is 0 Å². The van der Waals surface area contributed by atoms with Crippen LogP contribution in [0.3, 0.4) is 0 Å². The number of hydrogen-bond acceptors (Lipinski definition) is 4. The summed E-state index contributed by atoms with van der Waals surface area (Å²) in [6, 6.07) is 10.7. The number of aromatic amines is 1. The summed E-state index contributed by atoms with van der Waals surface area (Å²) in [5.41, 5.74) is 0.986. The van der Waals surface area contributed by atoms with E-state index < -0.39 is 0 Å². The first-order chi connectivity index (χ1) is 12.1. The van der Waals surface area contributed by atoms with Crippen molar-refractivity contribution in [3.05, 3.63) is 36.2 Å². The first kappa shape index (κ1) is 17.6. The van der Waals surface area contributed by atoms with Crippen LogP contribution >= 0.6 is 0 Å². The van der Waals surface area contributed by atoms with Crippen LogP contribution in [0, 0.1) is 0 Å². The monoisotopic (exact) mass is 341 g/mol. The van der Waals surface area contributed by atoms with Crippen molar-refractivity contribution in [2.75, 3.05) is 6.54 Å². The van der Waals surface area contributed by atoms with Crippen LogP contribution < -0.4 is 5.32 Å². The van der Waals surface area contributed by atoms with Crippen LogP contribution in [-0.4, -0.2) is 50.7 Å². The summed E-state index contributed by atoms with van der Waals surface area (Å²) in [4.78, 5) is 19.3. The maximum Gasteiger partial charge on any atom is 0.237 e. The van der Waals surface area contributed by atoms with E-state index in [2.05, 4.69) is 39.2 Å². The molecule has 0 saturated carbocycles. The third-order valence-electron chi connectivity index (χ3n) is 5.07. The molecule has 0 aliphatic carbocycles. The summed E-state index contributed by atoms with van der Waals surface area (Å²) in [5, 5.41) is 10.2.